The normalized spacial score (nSPS) is 13.7. The van der Waals surface area contributed by atoms with Crippen LogP contribution in [0.15, 0.2) is 59.5 Å². The first-order valence-electron chi connectivity index (χ1n) is 7.57. The van der Waals surface area contributed by atoms with Gasteiger partial charge in [-0.1, -0.05) is 0 Å². The average Bonchev–Trinajstić information content (AvgIpc) is 3.33. The summed E-state index contributed by atoms with van der Waals surface area (Å²) >= 11 is 0. The van der Waals surface area contributed by atoms with E-state index in [4.69, 9.17) is 4.42 Å². The number of aromatic nitrogens is 2. The van der Waals surface area contributed by atoms with Gasteiger partial charge in [-0.3, -0.25) is 4.79 Å². The van der Waals surface area contributed by atoms with Crippen molar-refractivity contribution in [1.29, 1.82) is 0 Å². The van der Waals surface area contributed by atoms with Gasteiger partial charge in [0.05, 0.1) is 11.8 Å². The van der Waals surface area contributed by atoms with E-state index in [1.165, 1.54) is 0 Å². The Morgan fingerprint density at radius 1 is 1.09 bits per heavy atom. The largest absolute Gasteiger partial charge is 0.468 e. The SMILES string of the molecule is O=C(Nc1ccc(-c2ncccn2)cc1)c1ccoc1C1CC1. The van der Waals surface area contributed by atoms with Crippen molar-refractivity contribution in [3.05, 3.63) is 66.4 Å². The Balaban J connectivity index is 1.50. The van der Waals surface area contributed by atoms with Crippen molar-refractivity contribution < 1.29 is 9.21 Å². The van der Waals surface area contributed by atoms with E-state index in [1.54, 1.807) is 30.8 Å². The number of anilines is 1. The fraction of sp³-hybridized carbons (Fsp3) is 0.167. The highest BCUT2D eigenvalue weighted by Crippen LogP contribution is 2.42. The first kappa shape index (κ1) is 13.7. The zero-order valence-corrected chi connectivity index (χ0v) is 12.4. The van der Waals surface area contributed by atoms with Gasteiger partial charge < -0.3 is 9.73 Å². The Morgan fingerprint density at radius 2 is 1.83 bits per heavy atom. The highest BCUT2D eigenvalue weighted by molar-refractivity contribution is 6.05. The molecule has 1 amide bonds. The molecule has 1 fully saturated rings. The van der Waals surface area contributed by atoms with Gasteiger partial charge in [0.25, 0.3) is 5.91 Å². The minimum absolute atomic E-state index is 0.135. The second-order valence-electron chi connectivity index (χ2n) is 5.58. The number of furan rings is 1. The number of nitrogens with one attached hydrogen (secondary N) is 1. The molecule has 0 unspecified atom stereocenters. The molecule has 0 radical (unpaired) electrons. The molecule has 5 heteroatoms. The lowest BCUT2D eigenvalue weighted by Gasteiger charge is -2.06. The van der Waals surface area contributed by atoms with Crippen LogP contribution in [-0.4, -0.2) is 15.9 Å². The lowest BCUT2D eigenvalue weighted by atomic mass is 10.1. The second-order valence-corrected chi connectivity index (χ2v) is 5.58. The highest BCUT2D eigenvalue weighted by atomic mass is 16.3. The molecule has 2 heterocycles. The van der Waals surface area contributed by atoms with Gasteiger partial charge in [0.1, 0.15) is 5.76 Å². The van der Waals surface area contributed by atoms with E-state index in [0.717, 1.165) is 29.9 Å². The lowest BCUT2D eigenvalue weighted by molar-refractivity contribution is 0.102. The summed E-state index contributed by atoms with van der Waals surface area (Å²) in [4.78, 5) is 20.8. The van der Waals surface area contributed by atoms with Crippen LogP contribution < -0.4 is 5.32 Å². The molecular formula is C18H15N3O2. The summed E-state index contributed by atoms with van der Waals surface area (Å²) in [5.41, 5.74) is 2.27. The van der Waals surface area contributed by atoms with Gasteiger partial charge in [0, 0.05) is 29.6 Å². The third kappa shape index (κ3) is 2.85. The van der Waals surface area contributed by atoms with Crippen molar-refractivity contribution in [2.24, 2.45) is 0 Å². The summed E-state index contributed by atoms with van der Waals surface area (Å²) < 4.78 is 5.45. The Bertz CT molecular complexity index is 821. The zero-order valence-electron chi connectivity index (χ0n) is 12.4. The van der Waals surface area contributed by atoms with E-state index in [9.17, 15) is 4.79 Å². The molecule has 1 aromatic carbocycles. The van der Waals surface area contributed by atoms with Crippen LogP contribution in [-0.2, 0) is 0 Å². The van der Waals surface area contributed by atoms with Gasteiger partial charge in [0.15, 0.2) is 5.82 Å². The minimum atomic E-state index is -0.135. The van der Waals surface area contributed by atoms with Gasteiger partial charge in [0.2, 0.25) is 0 Å². The van der Waals surface area contributed by atoms with Crippen molar-refractivity contribution in [1.82, 2.24) is 9.97 Å². The monoisotopic (exact) mass is 305 g/mol. The lowest BCUT2D eigenvalue weighted by Crippen LogP contribution is -2.12. The number of rotatable bonds is 4. The molecular weight excluding hydrogens is 290 g/mol. The Labute approximate surface area is 133 Å². The van der Waals surface area contributed by atoms with Crippen molar-refractivity contribution >= 4 is 11.6 Å². The summed E-state index contributed by atoms with van der Waals surface area (Å²) in [7, 11) is 0. The number of hydrogen-bond acceptors (Lipinski definition) is 4. The third-order valence-corrected chi connectivity index (χ3v) is 3.85. The summed E-state index contributed by atoms with van der Waals surface area (Å²) in [5, 5.41) is 2.91. The van der Waals surface area contributed by atoms with Crippen molar-refractivity contribution in [2.75, 3.05) is 5.32 Å². The van der Waals surface area contributed by atoms with Gasteiger partial charge >= 0.3 is 0 Å². The number of benzene rings is 1. The summed E-state index contributed by atoms with van der Waals surface area (Å²) in [6.45, 7) is 0. The molecule has 1 aliphatic carbocycles. The van der Waals surface area contributed by atoms with E-state index >= 15 is 0 Å². The van der Waals surface area contributed by atoms with E-state index < -0.39 is 0 Å². The van der Waals surface area contributed by atoms with Crippen LogP contribution in [0.4, 0.5) is 5.69 Å². The average molecular weight is 305 g/mol. The Morgan fingerprint density at radius 3 is 2.52 bits per heavy atom. The molecule has 0 aliphatic heterocycles. The quantitative estimate of drug-likeness (QED) is 0.794. The molecule has 3 aromatic rings. The maximum absolute atomic E-state index is 12.4. The molecule has 4 rings (SSSR count). The number of amides is 1. The smallest absolute Gasteiger partial charge is 0.259 e. The number of carbonyl (C=O) groups excluding carboxylic acids is 1. The molecule has 0 saturated heterocycles. The van der Waals surface area contributed by atoms with Gasteiger partial charge in [-0.2, -0.15) is 0 Å². The molecule has 2 aromatic heterocycles. The predicted octanol–water partition coefficient (Wildman–Crippen LogP) is 3.87. The first-order valence-corrected chi connectivity index (χ1v) is 7.57. The van der Waals surface area contributed by atoms with Crippen molar-refractivity contribution in [2.45, 2.75) is 18.8 Å². The molecule has 5 nitrogen and oxygen atoms in total. The summed E-state index contributed by atoms with van der Waals surface area (Å²) in [6.07, 6.45) is 7.18. The topological polar surface area (TPSA) is 68.0 Å². The van der Waals surface area contributed by atoms with Crippen molar-refractivity contribution in [3.8, 4) is 11.4 Å². The van der Waals surface area contributed by atoms with E-state index in [1.807, 2.05) is 24.3 Å². The van der Waals surface area contributed by atoms with Gasteiger partial charge in [-0.25, -0.2) is 9.97 Å². The molecule has 1 N–H and O–H groups in total. The maximum atomic E-state index is 12.4. The third-order valence-electron chi connectivity index (χ3n) is 3.85. The summed E-state index contributed by atoms with van der Waals surface area (Å²) in [5.74, 6) is 1.74. The van der Waals surface area contributed by atoms with E-state index in [-0.39, 0.29) is 5.91 Å². The fourth-order valence-electron chi connectivity index (χ4n) is 2.52. The molecule has 23 heavy (non-hydrogen) atoms. The molecule has 1 saturated carbocycles. The van der Waals surface area contributed by atoms with Crippen LogP contribution in [0, 0.1) is 0 Å². The zero-order chi connectivity index (χ0) is 15.6. The van der Waals surface area contributed by atoms with Crippen LogP contribution in [0.3, 0.4) is 0 Å². The number of hydrogen-bond donors (Lipinski definition) is 1. The van der Waals surface area contributed by atoms with Crippen LogP contribution in [0.1, 0.15) is 34.9 Å². The van der Waals surface area contributed by atoms with E-state index in [0.29, 0.717) is 17.3 Å². The molecule has 0 bridgehead atoms. The summed E-state index contributed by atoms with van der Waals surface area (Å²) in [6, 6.07) is 11.0. The number of carbonyl (C=O) groups is 1. The molecule has 0 spiro atoms. The Kier molecular flexibility index (Phi) is 3.38. The highest BCUT2D eigenvalue weighted by Gasteiger charge is 2.31. The molecule has 0 atom stereocenters. The van der Waals surface area contributed by atoms with E-state index in [2.05, 4.69) is 15.3 Å². The maximum Gasteiger partial charge on any atom is 0.259 e. The molecule has 114 valence electrons. The van der Waals surface area contributed by atoms with Crippen LogP contribution in [0.25, 0.3) is 11.4 Å². The van der Waals surface area contributed by atoms with Gasteiger partial charge in [-0.15, -0.1) is 0 Å². The predicted molar refractivity (Wildman–Crippen MR) is 86.1 cm³/mol. The second kappa shape index (κ2) is 5.68. The van der Waals surface area contributed by atoms with Crippen LogP contribution in [0.5, 0.6) is 0 Å². The standard InChI is InChI=1S/C18H15N3O2/c22-18(15-8-11-23-16(15)12-2-3-12)21-14-6-4-13(5-7-14)17-19-9-1-10-20-17/h1,4-12H,2-3H2,(H,21,22). The minimum Gasteiger partial charge on any atom is -0.468 e. The molecule has 1 aliphatic rings. The van der Waals surface area contributed by atoms with Crippen LogP contribution in [0.2, 0.25) is 0 Å². The Hall–Kier alpha value is -2.95. The fourth-order valence-corrected chi connectivity index (χ4v) is 2.52. The first-order chi connectivity index (χ1) is 11.3. The van der Waals surface area contributed by atoms with Crippen molar-refractivity contribution in [3.63, 3.8) is 0 Å². The van der Waals surface area contributed by atoms with Gasteiger partial charge in [-0.05, 0) is 49.2 Å². The number of nitrogens with zero attached hydrogens (tertiary/aromatic N) is 2. The van der Waals surface area contributed by atoms with Crippen LogP contribution >= 0.6 is 0 Å².